The number of carboxylic acid groups (broad SMARTS) is 1. The second-order valence-electron chi connectivity index (χ2n) is 9.66. The Hall–Kier alpha value is -4.10. The summed E-state index contributed by atoms with van der Waals surface area (Å²) in [6.45, 7) is 2.35. The molecule has 0 saturated carbocycles. The molecule has 5 rings (SSSR count). The molecule has 0 aliphatic carbocycles. The van der Waals surface area contributed by atoms with Crippen LogP contribution in [0.25, 0.3) is 5.69 Å². The number of hydrogen-bond acceptors (Lipinski definition) is 9. The van der Waals surface area contributed by atoms with Crippen LogP contribution in [0.2, 0.25) is 5.02 Å². The number of fused-ring (bicyclic) bond motifs is 3. The van der Waals surface area contributed by atoms with Crippen LogP contribution in [0, 0.1) is 0 Å². The van der Waals surface area contributed by atoms with Gasteiger partial charge in [0.25, 0.3) is 0 Å². The van der Waals surface area contributed by atoms with Crippen LogP contribution in [0.15, 0.2) is 36.4 Å². The van der Waals surface area contributed by atoms with Crippen molar-refractivity contribution in [3.8, 4) is 17.2 Å². The molecule has 2 atom stereocenters. The van der Waals surface area contributed by atoms with Gasteiger partial charge in [-0.15, -0.1) is 20.4 Å². The molecule has 0 unspecified atom stereocenters. The minimum absolute atomic E-state index is 0.0747. The van der Waals surface area contributed by atoms with Crippen LogP contribution in [0.5, 0.6) is 11.5 Å². The predicted molar refractivity (Wildman–Crippen MR) is 139 cm³/mol. The van der Waals surface area contributed by atoms with Crippen molar-refractivity contribution in [2.24, 2.45) is 0 Å². The largest absolute Gasteiger partial charge is 0.493 e. The summed E-state index contributed by atoms with van der Waals surface area (Å²) in [7, 11) is 3.08. The van der Waals surface area contributed by atoms with Gasteiger partial charge in [0, 0.05) is 22.6 Å². The first kappa shape index (κ1) is 27.5. The average molecular weight is 572 g/mol. The van der Waals surface area contributed by atoms with E-state index in [0.29, 0.717) is 39.2 Å². The molecule has 1 aliphatic rings. The van der Waals surface area contributed by atoms with E-state index in [2.05, 4.69) is 25.6 Å². The number of methoxy groups -OCH3 is 2. The number of carbonyl (C=O) groups is 1. The van der Waals surface area contributed by atoms with Gasteiger partial charge in [-0.3, -0.25) is 9.36 Å². The van der Waals surface area contributed by atoms with Gasteiger partial charge in [-0.25, -0.2) is 4.39 Å². The lowest BCUT2D eigenvalue weighted by Crippen LogP contribution is -2.30. The molecule has 40 heavy (non-hydrogen) atoms. The number of rotatable bonds is 9. The summed E-state index contributed by atoms with van der Waals surface area (Å²) in [5, 5.41) is 30.6. The van der Waals surface area contributed by atoms with E-state index >= 15 is 0 Å². The van der Waals surface area contributed by atoms with E-state index in [-0.39, 0.29) is 24.6 Å². The molecule has 14 heteroatoms. The molecule has 0 saturated heterocycles. The van der Waals surface area contributed by atoms with Gasteiger partial charge in [0.15, 0.2) is 29.0 Å². The zero-order valence-electron chi connectivity index (χ0n) is 22.2. The molecule has 1 N–H and O–H groups in total. The second kappa shape index (κ2) is 10.8. The Balaban J connectivity index is 1.59. The summed E-state index contributed by atoms with van der Waals surface area (Å²) in [4.78, 5) is 12.9. The number of ether oxygens (including phenoxy) is 3. The van der Waals surface area contributed by atoms with Gasteiger partial charge in [-0.05, 0) is 43.3 Å². The highest BCUT2D eigenvalue weighted by molar-refractivity contribution is 6.30. The Morgan fingerprint density at radius 1 is 1.15 bits per heavy atom. The maximum atomic E-state index is 14.1. The van der Waals surface area contributed by atoms with Crippen LogP contribution < -0.4 is 9.47 Å². The maximum absolute atomic E-state index is 14.1. The second-order valence-corrected chi connectivity index (χ2v) is 10.1. The van der Waals surface area contributed by atoms with Gasteiger partial charge >= 0.3 is 5.97 Å². The number of aryl methyl sites for hydroxylation is 1. The fourth-order valence-electron chi connectivity index (χ4n) is 4.60. The highest BCUT2D eigenvalue weighted by Crippen LogP contribution is 2.46. The minimum Gasteiger partial charge on any atom is -0.493 e. The number of halogens is 2. The van der Waals surface area contributed by atoms with Crippen LogP contribution in [-0.4, -0.2) is 60.3 Å². The van der Waals surface area contributed by atoms with Crippen molar-refractivity contribution in [1.82, 2.24) is 35.0 Å². The summed E-state index contributed by atoms with van der Waals surface area (Å²) < 4.78 is 33.7. The molecule has 0 radical (unpaired) electrons. The van der Waals surface area contributed by atoms with Crippen LogP contribution in [0.3, 0.4) is 0 Å². The number of hydrogen-bond donors (Lipinski definition) is 1. The minimum atomic E-state index is -1.32. The molecule has 0 fully saturated rings. The van der Waals surface area contributed by atoms with Crippen LogP contribution in [0.1, 0.15) is 61.1 Å². The monoisotopic (exact) mass is 571 g/mol. The molecule has 0 bridgehead atoms. The zero-order chi connectivity index (χ0) is 28.6. The van der Waals surface area contributed by atoms with Crippen molar-refractivity contribution in [2.45, 2.75) is 51.1 Å². The highest BCUT2D eigenvalue weighted by Gasteiger charge is 2.37. The van der Waals surface area contributed by atoms with E-state index in [1.54, 1.807) is 35.9 Å². The van der Waals surface area contributed by atoms with E-state index in [1.807, 2.05) is 12.1 Å². The molecule has 0 amide bonds. The summed E-state index contributed by atoms with van der Waals surface area (Å²) in [5.74, 6) is 0.476. The topological polar surface area (TPSA) is 139 Å². The Morgan fingerprint density at radius 3 is 2.65 bits per heavy atom. The molecular formula is C26H27ClFN7O5. The summed E-state index contributed by atoms with van der Waals surface area (Å²) >= 11 is 6.43. The molecule has 2 aromatic heterocycles. The van der Waals surface area contributed by atoms with Crippen molar-refractivity contribution in [2.75, 3.05) is 14.2 Å². The van der Waals surface area contributed by atoms with Crippen molar-refractivity contribution in [3.63, 3.8) is 0 Å². The number of benzene rings is 2. The van der Waals surface area contributed by atoms with Crippen molar-refractivity contribution in [3.05, 3.63) is 70.0 Å². The van der Waals surface area contributed by atoms with Crippen molar-refractivity contribution in [1.29, 1.82) is 0 Å². The predicted octanol–water partition coefficient (Wildman–Crippen LogP) is 4.01. The number of carboxylic acids is 1. The fourth-order valence-corrected chi connectivity index (χ4v) is 4.78. The van der Waals surface area contributed by atoms with Gasteiger partial charge in [0.1, 0.15) is 24.3 Å². The Kier molecular flexibility index (Phi) is 7.43. The van der Waals surface area contributed by atoms with Crippen molar-refractivity contribution < 1.29 is 28.5 Å². The molecule has 210 valence electrons. The van der Waals surface area contributed by atoms with E-state index in [1.165, 1.54) is 25.8 Å². The fraction of sp³-hybridized carbons (Fsp3) is 0.385. The normalized spacial score (nSPS) is 16.6. The maximum Gasteiger partial charge on any atom is 0.316 e. The number of para-hydroxylation sites is 1. The molecule has 1 aliphatic heterocycles. The Labute approximate surface area is 233 Å². The molecular weight excluding hydrogens is 545 g/mol. The van der Waals surface area contributed by atoms with Gasteiger partial charge in [0.05, 0.1) is 26.5 Å². The average Bonchev–Trinajstić information content (AvgIpc) is 3.58. The van der Waals surface area contributed by atoms with Gasteiger partial charge in [-0.1, -0.05) is 23.7 Å². The van der Waals surface area contributed by atoms with E-state index in [4.69, 9.17) is 25.8 Å². The first-order valence-corrected chi connectivity index (χ1v) is 12.7. The summed E-state index contributed by atoms with van der Waals surface area (Å²) in [6, 6.07) is 10.7. The third kappa shape index (κ3) is 4.75. The van der Waals surface area contributed by atoms with E-state index in [9.17, 15) is 14.3 Å². The van der Waals surface area contributed by atoms with Crippen LogP contribution >= 0.6 is 11.6 Å². The van der Waals surface area contributed by atoms with E-state index < -0.39 is 30.3 Å². The standard InChI is InChI=1S/C26H27ClFN7O5/c1-26(2,25(36)37)24-31-33-34(32-24)11-10-19-23-30-29-20(13-28)35(23)17-9-8-14(27)12-16(17)21(40-19)15-6-5-7-18(38-3)22(15)39-4/h5-9,12,19,21H,10-11,13H2,1-4H3,(H,36,37)/t19-,21-/m1/s1. The summed E-state index contributed by atoms with van der Waals surface area (Å²) in [5.41, 5.74) is 0.614. The highest BCUT2D eigenvalue weighted by atomic mass is 35.5. The Morgan fingerprint density at radius 2 is 1.95 bits per heavy atom. The smallest absolute Gasteiger partial charge is 0.316 e. The lowest BCUT2D eigenvalue weighted by molar-refractivity contribution is -0.142. The third-order valence-corrected chi connectivity index (χ3v) is 7.06. The van der Waals surface area contributed by atoms with Crippen LogP contribution in [-0.2, 0) is 28.2 Å². The number of alkyl halides is 1. The number of aromatic nitrogens is 7. The molecule has 0 spiro atoms. The third-order valence-electron chi connectivity index (χ3n) is 6.83. The lowest BCUT2D eigenvalue weighted by atomic mass is 9.93. The zero-order valence-corrected chi connectivity index (χ0v) is 23.0. The quantitative estimate of drug-likeness (QED) is 0.313. The lowest BCUT2D eigenvalue weighted by Gasteiger charge is -2.25. The first-order chi connectivity index (χ1) is 19.2. The number of tetrazole rings is 1. The summed E-state index contributed by atoms with van der Waals surface area (Å²) in [6.07, 6.45) is -1.16. The van der Waals surface area contributed by atoms with Crippen molar-refractivity contribution >= 4 is 17.6 Å². The molecule has 3 heterocycles. The molecule has 12 nitrogen and oxygen atoms in total. The van der Waals surface area contributed by atoms with E-state index in [0.717, 1.165) is 0 Å². The number of aliphatic carboxylic acids is 1. The number of nitrogens with zero attached hydrogens (tertiary/aromatic N) is 7. The van der Waals surface area contributed by atoms with Gasteiger partial charge in [0.2, 0.25) is 0 Å². The molecule has 4 aromatic rings. The first-order valence-electron chi connectivity index (χ1n) is 12.4. The SMILES string of the molecule is COc1cccc([C@H]2O[C@H](CCn3nnc(C(C)(C)C(=O)O)n3)c3nnc(CF)n3-c3ccc(Cl)cc32)c1OC. The molecule has 2 aromatic carbocycles. The van der Waals surface area contributed by atoms with Gasteiger partial charge < -0.3 is 19.3 Å². The van der Waals surface area contributed by atoms with Crippen LogP contribution in [0.4, 0.5) is 4.39 Å². The van der Waals surface area contributed by atoms with Gasteiger partial charge in [-0.2, -0.15) is 4.80 Å². The Bertz CT molecular complexity index is 1560.